The Hall–Kier alpha value is -4.28. The lowest BCUT2D eigenvalue weighted by atomic mass is 10.00. The molecule has 0 saturated heterocycles. The van der Waals surface area contributed by atoms with Crippen LogP contribution in [0.4, 0.5) is 5.95 Å². The predicted molar refractivity (Wildman–Crippen MR) is 177 cm³/mol. The number of sulfonamides is 1. The van der Waals surface area contributed by atoms with Crippen LogP contribution >= 0.6 is 0 Å². The second-order valence-corrected chi connectivity index (χ2v) is 14.1. The molecule has 0 unspecified atom stereocenters. The van der Waals surface area contributed by atoms with E-state index in [9.17, 15) is 13.2 Å². The van der Waals surface area contributed by atoms with Gasteiger partial charge in [0.1, 0.15) is 6.61 Å². The zero-order valence-electron chi connectivity index (χ0n) is 26.7. The van der Waals surface area contributed by atoms with Crippen molar-refractivity contribution in [3.8, 4) is 17.1 Å². The predicted octanol–water partition coefficient (Wildman–Crippen LogP) is 6.07. The monoisotopic (exact) mass is 627 g/mol. The molecule has 3 aromatic carbocycles. The summed E-state index contributed by atoms with van der Waals surface area (Å²) >= 11 is 0. The number of amides is 1. The maximum Gasteiger partial charge on any atom is 0.264 e. The van der Waals surface area contributed by atoms with Gasteiger partial charge in [0, 0.05) is 30.3 Å². The van der Waals surface area contributed by atoms with Crippen molar-refractivity contribution in [3.63, 3.8) is 0 Å². The minimum absolute atomic E-state index is 0.0514. The molecule has 4 aromatic rings. The van der Waals surface area contributed by atoms with Crippen LogP contribution in [0.15, 0.2) is 77.7 Å². The summed E-state index contributed by atoms with van der Waals surface area (Å²) in [5, 5.41) is 0. The first-order chi connectivity index (χ1) is 21.4. The number of benzene rings is 3. The van der Waals surface area contributed by atoms with Gasteiger partial charge in [-0.05, 0) is 80.7 Å². The van der Waals surface area contributed by atoms with Crippen LogP contribution in [0, 0.1) is 19.8 Å². The van der Waals surface area contributed by atoms with Crippen molar-refractivity contribution in [2.45, 2.75) is 58.1 Å². The molecule has 2 heterocycles. The number of fused-ring (bicyclic) bond motifs is 4. The number of hydrogen-bond acceptors (Lipinski definition) is 7. The quantitative estimate of drug-likeness (QED) is 0.265. The van der Waals surface area contributed by atoms with E-state index in [2.05, 4.69) is 45.6 Å². The summed E-state index contributed by atoms with van der Waals surface area (Å²) in [5.74, 6) is 0.105. The van der Waals surface area contributed by atoms with Crippen molar-refractivity contribution < 1.29 is 17.9 Å². The van der Waals surface area contributed by atoms with Crippen LogP contribution in [0.3, 0.4) is 0 Å². The molecular weight excluding hydrogens is 586 g/mol. The lowest BCUT2D eigenvalue weighted by Gasteiger charge is -2.33. The Morgan fingerprint density at radius 1 is 0.956 bits per heavy atom. The van der Waals surface area contributed by atoms with Crippen molar-refractivity contribution in [1.29, 1.82) is 0 Å². The van der Waals surface area contributed by atoms with E-state index in [1.165, 1.54) is 12.1 Å². The van der Waals surface area contributed by atoms with Gasteiger partial charge in [0.25, 0.3) is 15.9 Å². The normalized spacial score (nSPS) is 16.4. The van der Waals surface area contributed by atoms with Gasteiger partial charge in [0.05, 0.1) is 16.6 Å². The van der Waals surface area contributed by atoms with Crippen molar-refractivity contribution >= 4 is 21.9 Å². The molecule has 0 fully saturated rings. The van der Waals surface area contributed by atoms with Gasteiger partial charge < -0.3 is 14.5 Å². The van der Waals surface area contributed by atoms with E-state index in [0.29, 0.717) is 18.7 Å². The zero-order chi connectivity index (χ0) is 32.3. The van der Waals surface area contributed by atoms with Gasteiger partial charge in [0.15, 0.2) is 0 Å². The molecule has 1 aliphatic heterocycles. The lowest BCUT2D eigenvalue weighted by molar-refractivity contribution is 0.0553. The second kappa shape index (κ2) is 13.4. The summed E-state index contributed by atoms with van der Waals surface area (Å²) in [6.45, 7) is 9.46. The highest BCUT2D eigenvalue weighted by atomic mass is 32.2. The minimum atomic E-state index is -4.13. The van der Waals surface area contributed by atoms with Crippen molar-refractivity contribution in [1.82, 2.24) is 19.8 Å². The van der Waals surface area contributed by atoms with E-state index in [0.717, 1.165) is 34.4 Å². The molecule has 236 valence electrons. The Balaban J connectivity index is 1.64. The van der Waals surface area contributed by atoms with E-state index < -0.39 is 10.0 Å². The van der Waals surface area contributed by atoms with E-state index >= 15 is 0 Å². The van der Waals surface area contributed by atoms with Crippen molar-refractivity contribution in [2.75, 3.05) is 25.4 Å². The van der Waals surface area contributed by atoms with E-state index in [1.54, 1.807) is 23.1 Å². The largest absolute Gasteiger partial charge is 0.475 e. The Morgan fingerprint density at radius 2 is 1.64 bits per heavy atom. The standard InChI is InChI=1S/C35H41N5O4S/c1-23(2)16-29-22-44-32-19-31(33-24(3)10-7-11-25(33)4)36-35(37-32)38-45(42,43)30-15-9-14-28(18-30)34(41)40(29)21-27-13-8-12-26(17-27)20-39(5)6/h7-15,17-19,23,29H,16,20-22H2,1-6H3,(H,36,37,38)/t29-/m1/s1. The van der Waals surface area contributed by atoms with Gasteiger partial charge in [-0.2, -0.15) is 4.98 Å². The summed E-state index contributed by atoms with van der Waals surface area (Å²) in [5.41, 5.74) is 5.80. The van der Waals surface area contributed by atoms with Crippen molar-refractivity contribution in [2.24, 2.45) is 5.92 Å². The first kappa shape index (κ1) is 32.1. The maximum absolute atomic E-state index is 14.3. The Bertz CT molecular complexity index is 1790. The fraction of sp³-hybridized carbons (Fsp3) is 0.343. The third kappa shape index (κ3) is 7.69. The summed E-state index contributed by atoms with van der Waals surface area (Å²) in [6, 6.07) is 21.7. The van der Waals surface area contributed by atoms with Gasteiger partial charge in [-0.15, -0.1) is 0 Å². The van der Waals surface area contributed by atoms with Gasteiger partial charge in [-0.3, -0.25) is 4.79 Å². The van der Waals surface area contributed by atoms with Crippen LogP contribution in [0.25, 0.3) is 11.3 Å². The molecule has 45 heavy (non-hydrogen) atoms. The molecule has 10 heteroatoms. The molecule has 1 aromatic heterocycles. The summed E-state index contributed by atoms with van der Waals surface area (Å²) in [6.07, 6.45) is 0.668. The fourth-order valence-electron chi connectivity index (χ4n) is 5.80. The molecule has 9 nitrogen and oxygen atoms in total. The topological polar surface area (TPSA) is 105 Å². The highest BCUT2D eigenvalue weighted by Crippen LogP contribution is 2.30. The highest BCUT2D eigenvalue weighted by molar-refractivity contribution is 7.92. The van der Waals surface area contributed by atoms with Gasteiger partial charge in [0.2, 0.25) is 11.8 Å². The SMILES string of the molecule is Cc1cccc(C)c1-c1cc2nc(n1)NS(=O)(=O)c1cccc(c1)C(=O)N(Cc1cccc(CN(C)C)c1)[C@H](CC(C)C)CO2. The lowest BCUT2D eigenvalue weighted by Crippen LogP contribution is -2.44. The van der Waals surface area contributed by atoms with Crippen molar-refractivity contribution in [3.05, 3.63) is 101 Å². The second-order valence-electron chi connectivity index (χ2n) is 12.4. The Labute approximate surface area is 266 Å². The number of anilines is 1. The third-order valence-electron chi connectivity index (χ3n) is 7.77. The molecule has 0 aliphatic carbocycles. The molecule has 1 N–H and O–H groups in total. The molecule has 0 radical (unpaired) electrons. The first-order valence-electron chi connectivity index (χ1n) is 15.1. The van der Waals surface area contributed by atoms with Gasteiger partial charge in [-0.25, -0.2) is 18.1 Å². The van der Waals surface area contributed by atoms with Crippen LogP contribution in [0.1, 0.15) is 52.9 Å². The van der Waals surface area contributed by atoms with Gasteiger partial charge in [-0.1, -0.05) is 62.4 Å². The number of rotatable bonds is 7. The summed E-state index contributed by atoms with van der Waals surface area (Å²) < 4.78 is 36.1. The third-order valence-corrected chi connectivity index (χ3v) is 9.09. The average Bonchev–Trinajstić information content (AvgIpc) is 2.97. The molecule has 1 amide bonds. The average molecular weight is 628 g/mol. The summed E-state index contributed by atoms with van der Waals surface area (Å²) in [4.78, 5) is 27.2. The smallest absolute Gasteiger partial charge is 0.264 e. The highest BCUT2D eigenvalue weighted by Gasteiger charge is 2.29. The van der Waals surface area contributed by atoms with Crippen LogP contribution < -0.4 is 9.46 Å². The molecular formula is C35H41N5O4S. The number of carbonyl (C=O) groups excluding carboxylic acids is 1. The molecule has 5 rings (SSSR count). The maximum atomic E-state index is 14.3. The zero-order valence-corrected chi connectivity index (χ0v) is 27.6. The molecule has 4 bridgehead atoms. The number of ether oxygens (including phenoxy) is 1. The molecule has 1 atom stereocenters. The fourth-order valence-corrected chi connectivity index (χ4v) is 6.79. The number of aromatic nitrogens is 2. The number of nitrogens with one attached hydrogen (secondary N) is 1. The van der Waals surface area contributed by atoms with E-state index in [-0.39, 0.29) is 46.8 Å². The Kier molecular flexibility index (Phi) is 9.55. The molecule has 0 saturated carbocycles. The number of carbonyl (C=O) groups is 1. The van der Waals surface area contributed by atoms with Crippen LogP contribution in [-0.2, 0) is 23.1 Å². The number of aryl methyl sites for hydroxylation is 2. The first-order valence-corrected chi connectivity index (χ1v) is 16.6. The number of nitrogens with zero attached hydrogens (tertiary/aromatic N) is 4. The number of hydrogen-bond donors (Lipinski definition) is 1. The van der Waals surface area contributed by atoms with E-state index in [4.69, 9.17) is 4.74 Å². The van der Waals surface area contributed by atoms with Crippen LogP contribution in [0.5, 0.6) is 5.88 Å². The molecule has 0 spiro atoms. The molecule has 1 aliphatic rings. The van der Waals surface area contributed by atoms with E-state index in [1.807, 2.05) is 58.3 Å². The van der Waals surface area contributed by atoms with Crippen LogP contribution in [-0.4, -0.2) is 60.8 Å². The Morgan fingerprint density at radius 3 is 2.36 bits per heavy atom. The summed E-state index contributed by atoms with van der Waals surface area (Å²) in [7, 11) is -0.0949. The van der Waals surface area contributed by atoms with Crippen LogP contribution in [0.2, 0.25) is 0 Å². The van der Waals surface area contributed by atoms with Gasteiger partial charge >= 0.3 is 0 Å². The minimum Gasteiger partial charge on any atom is -0.475 e.